The molecular formula is C24H34O2Si. The van der Waals surface area contributed by atoms with Crippen molar-refractivity contribution < 1.29 is 9.22 Å². The van der Waals surface area contributed by atoms with E-state index in [0.29, 0.717) is 23.5 Å². The number of rotatable bonds is 2. The summed E-state index contributed by atoms with van der Waals surface area (Å²) in [7, 11) is -1.81. The second-order valence-corrected chi connectivity index (χ2v) is 15.5. The predicted molar refractivity (Wildman–Crippen MR) is 114 cm³/mol. The van der Waals surface area contributed by atoms with E-state index in [1.54, 1.807) is 0 Å². The van der Waals surface area contributed by atoms with Crippen LogP contribution in [0.4, 0.5) is 0 Å². The molecule has 0 heterocycles. The van der Waals surface area contributed by atoms with Crippen molar-refractivity contribution >= 4 is 14.1 Å². The third-order valence-corrected chi connectivity index (χ3v) is 12.5. The van der Waals surface area contributed by atoms with E-state index in [1.807, 2.05) is 6.08 Å². The van der Waals surface area contributed by atoms with E-state index in [9.17, 15) is 4.79 Å². The number of carbonyl (C=O) groups excluding carboxylic acids is 1. The second-order valence-electron chi connectivity index (χ2n) is 10.7. The van der Waals surface area contributed by atoms with Crippen LogP contribution in [0.3, 0.4) is 0 Å². The van der Waals surface area contributed by atoms with Crippen molar-refractivity contribution in [3.05, 3.63) is 41.5 Å². The number of ketones is 1. The van der Waals surface area contributed by atoms with Crippen LogP contribution in [0.15, 0.2) is 30.4 Å². The van der Waals surface area contributed by atoms with Gasteiger partial charge >= 0.3 is 0 Å². The molecule has 3 heteroatoms. The Bertz CT molecular complexity index is 801. The van der Waals surface area contributed by atoms with Crippen LogP contribution >= 0.6 is 0 Å². The van der Waals surface area contributed by atoms with E-state index in [-0.39, 0.29) is 10.5 Å². The van der Waals surface area contributed by atoms with Crippen LogP contribution in [0, 0.1) is 17.3 Å². The van der Waals surface area contributed by atoms with Crippen molar-refractivity contribution in [3.63, 3.8) is 0 Å². The lowest BCUT2D eigenvalue weighted by molar-refractivity contribution is -0.126. The van der Waals surface area contributed by atoms with E-state index >= 15 is 0 Å². The Labute approximate surface area is 165 Å². The van der Waals surface area contributed by atoms with Gasteiger partial charge in [0.2, 0.25) is 8.32 Å². The lowest BCUT2D eigenvalue weighted by Gasteiger charge is -2.48. The molecule has 4 rings (SSSR count). The number of hydrogen-bond donors (Lipinski definition) is 0. The van der Waals surface area contributed by atoms with E-state index in [4.69, 9.17) is 4.43 Å². The van der Waals surface area contributed by atoms with E-state index in [0.717, 1.165) is 25.0 Å². The molecule has 2 nitrogen and oxygen atoms in total. The smallest absolute Gasteiger partial charge is 0.250 e. The highest BCUT2D eigenvalue weighted by molar-refractivity contribution is 6.74. The van der Waals surface area contributed by atoms with Gasteiger partial charge in [0.25, 0.3) is 0 Å². The molecule has 3 aliphatic rings. The predicted octanol–water partition coefficient (Wildman–Crippen LogP) is 6.27. The zero-order valence-corrected chi connectivity index (χ0v) is 18.8. The largest absolute Gasteiger partial charge is 0.543 e. The molecule has 3 aliphatic carbocycles. The summed E-state index contributed by atoms with van der Waals surface area (Å²) in [4.78, 5) is 12.4. The Morgan fingerprint density at radius 3 is 2.63 bits per heavy atom. The molecule has 0 N–H and O–H groups in total. The Hall–Kier alpha value is -1.35. The monoisotopic (exact) mass is 382 g/mol. The molecule has 4 atom stereocenters. The summed E-state index contributed by atoms with van der Waals surface area (Å²) in [6.45, 7) is 13.7. The zero-order valence-electron chi connectivity index (χ0n) is 17.8. The van der Waals surface area contributed by atoms with Gasteiger partial charge in [0.05, 0.1) is 0 Å². The summed E-state index contributed by atoms with van der Waals surface area (Å²) in [6, 6.07) is 6.85. The fourth-order valence-corrected chi connectivity index (χ4v) is 6.37. The Morgan fingerprint density at radius 1 is 1.19 bits per heavy atom. The Kier molecular flexibility index (Phi) is 4.27. The summed E-state index contributed by atoms with van der Waals surface area (Å²) >= 11 is 0. The van der Waals surface area contributed by atoms with Crippen LogP contribution in [0.25, 0.3) is 0 Å². The number of carbonyl (C=O) groups is 1. The fraction of sp³-hybridized carbons (Fsp3) is 0.625. The second kappa shape index (κ2) is 6.07. The molecule has 0 bridgehead atoms. The molecule has 27 heavy (non-hydrogen) atoms. The molecule has 0 aromatic heterocycles. The van der Waals surface area contributed by atoms with Gasteiger partial charge in [-0.1, -0.05) is 39.8 Å². The van der Waals surface area contributed by atoms with Crippen LogP contribution in [0.5, 0.6) is 5.75 Å². The standard InChI is InChI=1S/C24H34O2Si/c1-23(2,3)27(5,6)26-17-8-10-18-16(15-17)7-9-20-19(18)13-14-24(4)21(20)11-12-22(24)25/h8,10-12,15,19-21H,7,9,13-14H2,1-6H3/t19?,20?,21?,24-/m0/s1. The number of hydrogen-bond acceptors (Lipinski definition) is 2. The van der Waals surface area contributed by atoms with Crippen molar-refractivity contribution in [2.75, 3.05) is 0 Å². The molecule has 146 valence electrons. The normalized spacial score (nSPS) is 32.7. The lowest BCUT2D eigenvalue weighted by atomic mass is 9.55. The Balaban J connectivity index is 1.60. The van der Waals surface area contributed by atoms with Gasteiger partial charge in [0, 0.05) is 5.41 Å². The van der Waals surface area contributed by atoms with Gasteiger partial charge in [-0.15, -0.1) is 0 Å². The molecule has 0 saturated heterocycles. The Morgan fingerprint density at radius 2 is 1.93 bits per heavy atom. The number of fused-ring (bicyclic) bond motifs is 5. The fourth-order valence-electron chi connectivity index (χ4n) is 5.34. The van der Waals surface area contributed by atoms with E-state index in [2.05, 4.69) is 65.1 Å². The summed E-state index contributed by atoms with van der Waals surface area (Å²) in [6.07, 6.45) is 8.55. The molecule has 0 amide bonds. The number of allylic oxidation sites excluding steroid dienone is 2. The highest BCUT2D eigenvalue weighted by Crippen LogP contribution is 2.57. The van der Waals surface area contributed by atoms with Crippen LogP contribution < -0.4 is 4.43 Å². The topological polar surface area (TPSA) is 26.3 Å². The van der Waals surface area contributed by atoms with Crippen molar-refractivity contribution in [3.8, 4) is 5.75 Å². The third kappa shape index (κ3) is 2.93. The average molecular weight is 383 g/mol. The maximum absolute atomic E-state index is 12.4. The molecule has 1 saturated carbocycles. The molecule has 1 aromatic rings. The maximum Gasteiger partial charge on any atom is 0.250 e. The first-order chi connectivity index (χ1) is 12.5. The zero-order chi connectivity index (χ0) is 19.6. The molecule has 1 aromatic carbocycles. The summed E-state index contributed by atoms with van der Waals surface area (Å²) in [5, 5.41) is 0.211. The van der Waals surface area contributed by atoms with Gasteiger partial charge in [-0.3, -0.25) is 4.79 Å². The number of benzene rings is 1. The van der Waals surface area contributed by atoms with Crippen LogP contribution in [-0.2, 0) is 11.2 Å². The first kappa shape index (κ1) is 19.0. The summed E-state index contributed by atoms with van der Waals surface area (Å²) in [5.74, 6) is 3.06. The van der Waals surface area contributed by atoms with Gasteiger partial charge in [0.15, 0.2) is 5.78 Å². The van der Waals surface area contributed by atoms with Crippen molar-refractivity contribution in [1.82, 2.24) is 0 Å². The summed E-state index contributed by atoms with van der Waals surface area (Å²) < 4.78 is 6.55. The van der Waals surface area contributed by atoms with Crippen LogP contribution in [-0.4, -0.2) is 14.1 Å². The first-order valence-corrected chi connectivity index (χ1v) is 13.5. The molecule has 1 fully saturated rings. The van der Waals surface area contributed by atoms with Crippen LogP contribution in [0.2, 0.25) is 18.1 Å². The van der Waals surface area contributed by atoms with E-state index < -0.39 is 8.32 Å². The van der Waals surface area contributed by atoms with Crippen molar-refractivity contribution in [2.45, 2.75) is 77.4 Å². The van der Waals surface area contributed by atoms with Gasteiger partial charge in [-0.05, 0) is 90.9 Å². The average Bonchev–Trinajstić information content (AvgIpc) is 2.88. The molecule has 0 aliphatic heterocycles. The van der Waals surface area contributed by atoms with Gasteiger partial charge in [-0.2, -0.15) is 0 Å². The summed E-state index contributed by atoms with van der Waals surface area (Å²) in [5.41, 5.74) is 2.86. The minimum Gasteiger partial charge on any atom is -0.543 e. The minimum absolute atomic E-state index is 0.135. The highest BCUT2D eigenvalue weighted by atomic mass is 28.4. The highest BCUT2D eigenvalue weighted by Gasteiger charge is 2.52. The maximum atomic E-state index is 12.4. The van der Waals surface area contributed by atoms with Crippen molar-refractivity contribution in [2.24, 2.45) is 17.3 Å². The quantitative estimate of drug-likeness (QED) is 0.563. The van der Waals surface area contributed by atoms with Gasteiger partial charge < -0.3 is 4.43 Å². The van der Waals surface area contributed by atoms with Crippen LogP contribution in [0.1, 0.15) is 64.0 Å². The van der Waals surface area contributed by atoms with Gasteiger partial charge in [0.1, 0.15) is 5.75 Å². The molecule has 3 unspecified atom stereocenters. The minimum atomic E-state index is -1.81. The molecular weight excluding hydrogens is 348 g/mol. The SMILES string of the molecule is CC(C)(C)[Si](C)(C)Oc1ccc2c(c1)CCC1C2CC[C@]2(C)C(=O)C=CC12. The van der Waals surface area contributed by atoms with E-state index in [1.165, 1.54) is 17.5 Å². The molecule has 0 spiro atoms. The van der Waals surface area contributed by atoms with Crippen molar-refractivity contribution in [1.29, 1.82) is 0 Å². The first-order valence-electron chi connectivity index (χ1n) is 10.6. The van der Waals surface area contributed by atoms with Gasteiger partial charge in [-0.25, -0.2) is 0 Å². The molecule has 0 radical (unpaired) electrons. The third-order valence-electron chi connectivity index (χ3n) is 8.15. The lowest BCUT2D eigenvalue weighted by Crippen LogP contribution is -2.44. The number of aryl methyl sites for hydroxylation is 1.